The molecule has 8 heteroatoms. The van der Waals surface area contributed by atoms with E-state index in [9.17, 15) is 5.11 Å². The summed E-state index contributed by atoms with van der Waals surface area (Å²) in [5, 5.41) is 17.5. The van der Waals surface area contributed by atoms with Crippen molar-refractivity contribution in [1.82, 2.24) is 15.5 Å². The third kappa shape index (κ3) is 9.26. The van der Waals surface area contributed by atoms with Gasteiger partial charge in [0, 0.05) is 37.7 Å². The molecule has 0 saturated carbocycles. The van der Waals surface area contributed by atoms with E-state index in [4.69, 9.17) is 16.3 Å². The van der Waals surface area contributed by atoms with E-state index in [1.807, 2.05) is 19.1 Å². The molecule has 2 rings (SSSR count). The van der Waals surface area contributed by atoms with Gasteiger partial charge in [0.2, 0.25) is 0 Å². The van der Waals surface area contributed by atoms with Crippen molar-refractivity contribution >= 4 is 41.5 Å². The summed E-state index contributed by atoms with van der Waals surface area (Å²) in [6, 6.07) is 7.19. The normalized spacial score (nSPS) is 19.2. The third-order valence-electron chi connectivity index (χ3n) is 4.36. The second kappa shape index (κ2) is 13.6. The first-order chi connectivity index (χ1) is 13.0. The Kier molecular flexibility index (Phi) is 12.3. The molecular formula is C20H34ClIN4O2. The zero-order chi connectivity index (χ0) is 19.6. The number of nitrogens with zero attached hydrogens (tertiary/aromatic N) is 2. The topological polar surface area (TPSA) is 69.1 Å². The summed E-state index contributed by atoms with van der Waals surface area (Å²) in [5.74, 6) is 1.35. The van der Waals surface area contributed by atoms with Crippen LogP contribution in [0.2, 0.25) is 5.02 Å². The van der Waals surface area contributed by atoms with E-state index in [-0.39, 0.29) is 36.6 Å². The molecule has 28 heavy (non-hydrogen) atoms. The molecule has 1 fully saturated rings. The molecule has 0 spiro atoms. The first-order valence-electron chi connectivity index (χ1n) is 9.77. The maximum atomic E-state index is 10.3. The molecule has 0 aromatic heterocycles. The highest BCUT2D eigenvalue weighted by Crippen LogP contribution is 2.16. The molecule has 6 nitrogen and oxygen atoms in total. The van der Waals surface area contributed by atoms with Crippen LogP contribution < -0.4 is 10.6 Å². The lowest BCUT2D eigenvalue weighted by molar-refractivity contribution is -0.0284. The summed E-state index contributed by atoms with van der Waals surface area (Å²) in [6.45, 7) is 12.0. The predicted molar refractivity (Wildman–Crippen MR) is 127 cm³/mol. The Labute approximate surface area is 191 Å². The van der Waals surface area contributed by atoms with Gasteiger partial charge in [-0.15, -0.1) is 24.0 Å². The van der Waals surface area contributed by atoms with E-state index in [0.29, 0.717) is 23.4 Å². The third-order valence-corrected chi connectivity index (χ3v) is 4.62. The van der Waals surface area contributed by atoms with Gasteiger partial charge in [-0.2, -0.15) is 0 Å². The summed E-state index contributed by atoms with van der Waals surface area (Å²) >= 11 is 5.89. The van der Waals surface area contributed by atoms with E-state index in [1.54, 1.807) is 12.1 Å². The molecule has 2 atom stereocenters. The van der Waals surface area contributed by atoms with Gasteiger partial charge in [0.1, 0.15) is 0 Å². The van der Waals surface area contributed by atoms with Crippen LogP contribution in [0.15, 0.2) is 29.3 Å². The second-order valence-corrected chi connectivity index (χ2v) is 7.75. The zero-order valence-corrected chi connectivity index (χ0v) is 20.1. The molecule has 0 bridgehead atoms. The van der Waals surface area contributed by atoms with Crippen LogP contribution in [0, 0.1) is 5.92 Å². The molecule has 1 aliphatic heterocycles. The minimum Gasteiger partial charge on any atom is -0.386 e. The lowest BCUT2D eigenvalue weighted by atomic mass is 10.1. The number of aliphatic hydroxyl groups is 1. The van der Waals surface area contributed by atoms with Crippen molar-refractivity contribution in [3.05, 3.63) is 34.9 Å². The quantitative estimate of drug-likeness (QED) is 0.277. The number of ether oxygens (including phenoxy) is 1. The smallest absolute Gasteiger partial charge is 0.191 e. The van der Waals surface area contributed by atoms with Gasteiger partial charge in [0.15, 0.2) is 5.96 Å². The number of aliphatic hydroxyl groups excluding tert-OH is 1. The number of halogens is 2. The highest BCUT2D eigenvalue weighted by molar-refractivity contribution is 14.0. The van der Waals surface area contributed by atoms with Crippen molar-refractivity contribution in [2.45, 2.75) is 33.0 Å². The van der Waals surface area contributed by atoms with Crippen LogP contribution in [-0.4, -0.2) is 67.9 Å². The minimum atomic E-state index is -0.662. The maximum Gasteiger partial charge on any atom is 0.191 e. The number of nitrogens with one attached hydrogen (secondary N) is 2. The van der Waals surface area contributed by atoms with Gasteiger partial charge in [-0.25, -0.2) is 0 Å². The molecule has 0 aliphatic carbocycles. The standard InChI is InChI=1S/C20H33ClN4O2.HI/c1-4-22-20(24-12-19(26)16-5-7-17(21)8-6-16)23-11-18-14-25(9-10-27-18)13-15(2)3;/h5-8,15,18-19,26H,4,9-14H2,1-3H3,(H2,22,23,24);1H. The van der Waals surface area contributed by atoms with E-state index in [2.05, 4.69) is 34.4 Å². The summed E-state index contributed by atoms with van der Waals surface area (Å²) in [5.41, 5.74) is 0.805. The van der Waals surface area contributed by atoms with E-state index < -0.39 is 6.10 Å². The fourth-order valence-corrected chi connectivity index (χ4v) is 3.23. The zero-order valence-electron chi connectivity index (χ0n) is 17.0. The van der Waals surface area contributed by atoms with Crippen molar-refractivity contribution < 1.29 is 9.84 Å². The monoisotopic (exact) mass is 524 g/mol. The number of benzene rings is 1. The van der Waals surface area contributed by atoms with Crippen molar-refractivity contribution in [1.29, 1.82) is 0 Å². The highest BCUT2D eigenvalue weighted by atomic mass is 127. The van der Waals surface area contributed by atoms with Gasteiger partial charge in [-0.1, -0.05) is 37.6 Å². The lowest BCUT2D eigenvalue weighted by Crippen LogP contribution is -2.50. The Bertz CT molecular complexity index is 586. The van der Waals surface area contributed by atoms with Crippen molar-refractivity contribution in [2.24, 2.45) is 10.9 Å². The SMILES string of the molecule is CCNC(=NCC(O)c1ccc(Cl)cc1)NCC1CN(CC(C)C)CCO1.I. The van der Waals surface area contributed by atoms with Crippen LogP contribution in [0.1, 0.15) is 32.4 Å². The predicted octanol–water partition coefficient (Wildman–Crippen LogP) is 2.90. The van der Waals surface area contributed by atoms with Gasteiger partial charge in [0.25, 0.3) is 0 Å². The summed E-state index contributed by atoms with van der Waals surface area (Å²) < 4.78 is 5.88. The summed E-state index contributed by atoms with van der Waals surface area (Å²) in [7, 11) is 0. The summed E-state index contributed by atoms with van der Waals surface area (Å²) in [4.78, 5) is 6.96. The first kappa shape index (κ1) is 25.4. The number of rotatable bonds is 8. The molecular weight excluding hydrogens is 491 g/mol. The largest absolute Gasteiger partial charge is 0.386 e. The van der Waals surface area contributed by atoms with Crippen LogP contribution in [0.25, 0.3) is 0 Å². The fraction of sp³-hybridized carbons (Fsp3) is 0.650. The Morgan fingerprint density at radius 2 is 2.04 bits per heavy atom. The van der Waals surface area contributed by atoms with Crippen LogP contribution in [0.5, 0.6) is 0 Å². The van der Waals surface area contributed by atoms with Crippen LogP contribution in [-0.2, 0) is 4.74 Å². The molecule has 0 radical (unpaired) electrons. The summed E-state index contributed by atoms with van der Waals surface area (Å²) in [6.07, 6.45) is -0.521. The number of hydrogen-bond donors (Lipinski definition) is 3. The molecule has 1 heterocycles. The van der Waals surface area contributed by atoms with Gasteiger partial charge in [-0.05, 0) is 30.5 Å². The van der Waals surface area contributed by atoms with Crippen molar-refractivity contribution in [3.63, 3.8) is 0 Å². The van der Waals surface area contributed by atoms with Gasteiger partial charge in [-0.3, -0.25) is 9.89 Å². The number of hydrogen-bond acceptors (Lipinski definition) is 4. The molecule has 1 saturated heterocycles. The van der Waals surface area contributed by atoms with Crippen molar-refractivity contribution in [2.75, 3.05) is 45.9 Å². The number of morpholine rings is 1. The first-order valence-corrected chi connectivity index (χ1v) is 10.1. The average molecular weight is 525 g/mol. The van der Waals surface area contributed by atoms with Crippen LogP contribution in [0.3, 0.4) is 0 Å². The number of aliphatic imine (C=N–C) groups is 1. The Morgan fingerprint density at radius 3 is 2.68 bits per heavy atom. The fourth-order valence-electron chi connectivity index (χ4n) is 3.11. The van der Waals surface area contributed by atoms with E-state index in [0.717, 1.165) is 38.3 Å². The molecule has 2 unspecified atom stereocenters. The second-order valence-electron chi connectivity index (χ2n) is 7.31. The Morgan fingerprint density at radius 1 is 1.32 bits per heavy atom. The molecule has 1 aromatic carbocycles. The molecule has 1 aliphatic rings. The van der Waals surface area contributed by atoms with Crippen LogP contribution in [0.4, 0.5) is 0 Å². The highest BCUT2D eigenvalue weighted by Gasteiger charge is 2.21. The minimum absolute atomic E-state index is 0. The molecule has 3 N–H and O–H groups in total. The Balaban J connectivity index is 0.00000392. The molecule has 160 valence electrons. The van der Waals surface area contributed by atoms with E-state index in [1.165, 1.54) is 0 Å². The van der Waals surface area contributed by atoms with Crippen LogP contribution >= 0.6 is 35.6 Å². The molecule has 1 aromatic rings. The lowest BCUT2D eigenvalue weighted by Gasteiger charge is -2.34. The maximum absolute atomic E-state index is 10.3. The van der Waals surface area contributed by atoms with Gasteiger partial charge in [0.05, 0.1) is 25.4 Å². The average Bonchev–Trinajstić information content (AvgIpc) is 2.64. The van der Waals surface area contributed by atoms with E-state index >= 15 is 0 Å². The number of guanidine groups is 1. The van der Waals surface area contributed by atoms with Gasteiger partial charge < -0.3 is 20.5 Å². The Hall–Kier alpha value is -0.610. The van der Waals surface area contributed by atoms with Gasteiger partial charge >= 0.3 is 0 Å². The molecule has 0 amide bonds. The van der Waals surface area contributed by atoms with Crippen molar-refractivity contribution in [3.8, 4) is 0 Å².